The van der Waals surface area contributed by atoms with E-state index in [-0.39, 0.29) is 36.6 Å². The number of likely N-dealkylation sites (tertiary alicyclic amines) is 2. The largest absolute Gasteiger partial charge is 0.391 e. The van der Waals surface area contributed by atoms with Crippen LogP contribution in [0, 0.1) is 24.7 Å². The zero-order chi connectivity index (χ0) is 37.1. The van der Waals surface area contributed by atoms with Gasteiger partial charge in [0.15, 0.2) is 0 Å². The third kappa shape index (κ3) is 11.1. The summed E-state index contributed by atoms with van der Waals surface area (Å²) in [4.78, 5) is 82.4. The molecule has 0 spiro atoms. The van der Waals surface area contributed by atoms with Gasteiger partial charge in [-0.3, -0.25) is 28.8 Å². The number of nitrogens with zero attached hydrogens (tertiary/aromatic N) is 2. The molecule has 0 bridgehead atoms. The van der Waals surface area contributed by atoms with Crippen molar-refractivity contribution in [2.24, 2.45) is 17.8 Å². The molecule has 50 heavy (non-hydrogen) atoms. The van der Waals surface area contributed by atoms with Crippen molar-refractivity contribution < 1.29 is 39.0 Å². The predicted molar refractivity (Wildman–Crippen MR) is 186 cm³/mol. The van der Waals surface area contributed by atoms with Crippen LogP contribution in [-0.4, -0.2) is 118 Å². The van der Waals surface area contributed by atoms with E-state index in [1.807, 2.05) is 20.8 Å². The first-order valence-electron chi connectivity index (χ1n) is 18.6. The quantitative estimate of drug-likeness (QED) is 0.143. The highest BCUT2D eigenvalue weighted by atomic mass is 16.3. The molecule has 2 heterocycles. The number of β-amino-alcohol motifs (C(OH)–C–C–N with tert-alkyl or cyclic N) is 1. The molecule has 282 valence electrons. The van der Waals surface area contributed by atoms with Gasteiger partial charge in [0.2, 0.25) is 35.4 Å². The number of rotatable bonds is 15. The van der Waals surface area contributed by atoms with E-state index in [2.05, 4.69) is 28.2 Å². The number of carbonyl (C=O) groups excluding carboxylic acids is 6. The van der Waals surface area contributed by atoms with Crippen molar-refractivity contribution in [2.75, 3.05) is 19.6 Å². The van der Waals surface area contributed by atoms with Gasteiger partial charge < -0.3 is 41.3 Å². The van der Waals surface area contributed by atoms with E-state index in [4.69, 9.17) is 6.92 Å². The van der Waals surface area contributed by atoms with Crippen LogP contribution in [0.3, 0.4) is 0 Å². The van der Waals surface area contributed by atoms with Crippen molar-refractivity contribution in [2.45, 2.75) is 148 Å². The van der Waals surface area contributed by atoms with Crippen molar-refractivity contribution >= 4 is 35.4 Å². The summed E-state index contributed by atoms with van der Waals surface area (Å²) in [5, 5.41) is 31.1. The van der Waals surface area contributed by atoms with Gasteiger partial charge in [-0.1, -0.05) is 59.8 Å². The van der Waals surface area contributed by atoms with Gasteiger partial charge >= 0.3 is 0 Å². The Morgan fingerprint density at radius 3 is 2.06 bits per heavy atom. The second-order valence-electron chi connectivity index (χ2n) is 14.8. The summed E-state index contributed by atoms with van der Waals surface area (Å²) in [5.41, 5.74) is 0. The molecule has 0 aromatic rings. The molecule has 8 atom stereocenters. The molecule has 14 nitrogen and oxygen atoms in total. The molecule has 3 rings (SSSR count). The molecule has 6 N–H and O–H groups in total. The van der Waals surface area contributed by atoms with Crippen molar-refractivity contribution in [3.05, 3.63) is 6.92 Å². The Morgan fingerprint density at radius 1 is 0.800 bits per heavy atom. The van der Waals surface area contributed by atoms with Gasteiger partial charge in [0.05, 0.1) is 12.2 Å². The zero-order valence-electron chi connectivity index (χ0n) is 30.5. The number of hydrogen-bond donors (Lipinski definition) is 6. The molecule has 2 saturated heterocycles. The van der Waals surface area contributed by atoms with Gasteiger partial charge in [0, 0.05) is 32.5 Å². The highest BCUT2D eigenvalue weighted by Crippen LogP contribution is 2.31. The molecular formula is C36H60N6O8. The monoisotopic (exact) mass is 704 g/mol. The minimum Gasteiger partial charge on any atom is -0.391 e. The van der Waals surface area contributed by atoms with Crippen LogP contribution in [0.5, 0.6) is 0 Å². The lowest BCUT2D eigenvalue weighted by Crippen LogP contribution is -2.61. The molecule has 14 heteroatoms. The van der Waals surface area contributed by atoms with Crippen LogP contribution < -0.4 is 21.3 Å². The average Bonchev–Trinajstić information content (AvgIpc) is 3.49. The minimum atomic E-state index is -1.59. The van der Waals surface area contributed by atoms with E-state index in [1.54, 1.807) is 0 Å². The molecule has 3 fully saturated rings. The first-order valence-corrected chi connectivity index (χ1v) is 18.6. The molecule has 0 aromatic carbocycles. The average molecular weight is 705 g/mol. The van der Waals surface area contributed by atoms with Gasteiger partial charge in [-0.25, -0.2) is 0 Å². The second kappa shape index (κ2) is 19.4. The molecule has 1 unspecified atom stereocenters. The molecule has 6 amide bonds. The number of aliphatic hydroxyl groups is 2. The van der Waals surface area contributed by atoms with Gasteiger partial charge in [0.25, 0.3) is 0 Å². The SMILES string of the molecule is [CH][C@H](NC(=O)[C@@H]1CCCCN1C(=O)[C@@H](NC(=O)C[C@H](C)C1CCCCC1)C(C)C)C(=O)N1C[C@@H](O)C[C@H]1C(=O)N[C@H](C(=O)NCCC)C(C)O. The topological polar surface area (TPSA) is 197 Å². The fraction of sp³-hybridized carbons (Fsp3) is 0.806. The third-order valence-corrected chi connectivity index (χ3v) is 10.3. The first kappa shape index (κ1) is 41.2. The number of piperidine rings is 1. The Bertz CT molecular complexity index is 1190. The predicted octanol–water partition coefficient (Wildman–Crippen LogP) is 0.664. The number of carbonyl (C=O) groups is 6. The standard InChI is InChI=1S/C36H60N6O8/c1-7-16-37-34(48)31(24(6)43)40-33(47)28-19-26(44)20-42(28)35(49)23(5)38-32(46)27-15-11-12-17-41(27)36(50)30(21(2)3)39-29(45)18-22(4)25-13-9-8-10-14-25/h5,21-28,30-31,43-44H,7-20H2,1-4,6H3,(H,37,48)(H,38,46)(H,39,45)(H,40,47)/t22-,23-,24?,26-,27-,28-,30-,31-/m0/s1. The van der Waals surface area contributed by atoms with Crippen LogP contribution >= 0.6 is 0 Å². The molecule has 3 aliphatic rings. The second-order valence-corrected chi connectivity index (χ2v) is 14.8. The number of nitrogens with one attached hydrogen (secondary N) is 4. The maximum Gasteiger partial charge on any atom is 0.246 e. The Morgan fingerprint density at radius 2 is 1.44 bits per heavy atom. The van der Waals surface area contributed by atoms with Crippen LogP contribution in [0.1, 0.15) is 105 Å². The number of hydrogen-bond acceptors (Lipinski definition) is 8. The molecule has 2 radical (unpaired) electrons. The summed E-state index contributed by atoms with van der Waals surface area (Å²) in [6.45, 7) is 15.6. The summed E-state index contributed by atoms with van der Waals surface area (Å²) in [6.07, 6.45) is 6.04. The van der Waals surface area contributed by atoms with Crippen molar-refractivity contribution in [3.63, 3.8) is 0 Å². The van der Waals surface area contributed by atoms with Crippen molar-refractivity contribution in [3.8, 4) is 0 Å². The van der Waals surface area contributed by atoms with Crippen LogP contribution in [0.25, 0.3) is 0 Å². The van der Waals surface area contributed by atoms with Crippen LogP contribution in [0.15, 0.2) is 0 Å². The molecule has 1 saturated carbocycles. The summed E-state index contributed by atoms with van der Waals surface area (Å²) < 4.78 is 0. The van der Waals surface area contributed by atoms with E-state index in [0.717, 1.165) is 17.7 Å². The summed E-state index contributed by atoms with van der Waals surface area (Å²) in [5.74, 6) is -2.90. The summed E-state index contributed by atoms with van der Waals surface area (Å²) >= 11 is 0. The van der Waals surface area contributed by atoms with E-state index in [9.17, 15) is 39.0 Å². The third-order valence-electron chi connectivity index (χ3n) is 10.3. The molecule has 0 aromatic heterocycles. The van der Waals surface area contributed by atoms with Crippen LogP contribution in [0.4, 0.5) is 0 Å². The number of amides is 6. The van der Waals surface area contributed by atoms with Gasteiger partial charge in [-0.2, -0.15) is 0 Å². The van der Waals surface area contributed by atoms with Crippen LogP contribution in [-0.2, 0) is 28.8 Å². The van der Waals surface area contributed by atoms with E-state index >= 15 is 0 Å². The lowest BCUT2D eigenvalue weighted by atomic mass is 9.79. The van der Waals surface area contributed by atoms with Crippen molar-refractivity contribution in [1.29, 1.82) is 0 Å². The van der Waals surface area contributed by atoms with Crippen LogP contribution in [0.2, 0.25) is 0 Å². The Hall–Kier alpha value is -3.26. The van der Waals surface area contributed by atoms with E-state index < -0.39 is 66.0 Å². The Kier molecular flexibility index (Phi) is 16.0. The summed E-state index contributed by atoms with van der Waals surface area (Å²) in [7, 11) is 0. The van der Waals surface area contributed by atoms with E-state index in [1.165, 1.54) is 31.1 Å². The highest BCUT2D eigenvalue weighted by molar-refractivity contribution is 5.97. The highest BCUT2D eigenvalue weighted by Gasteiger charge is 2.43. The van der Waals surface area contributed by atoms with Crippen molar-refractivity contribution in [1.82, 2.24) is 31.1 Å². The summed E-state index contributed by atoms with van der Waals surface area (Å²) in [6, 6.07) is -5.84. The first-order chi connectivity index (χ1) is 23.7. The lowest BCUT2D eigenvalue weighted by molar-refractivity contribution is -0.147. The van der Waals surface area contributed by atoms with Gasteiger partial charge in [0.1, 0.15) is 30.2 Å². The number of aliphatic hydroxyl groups excluding tert-OH is 2. The molecule has 2 aliphatic heterocycles. The Balaban J connectivity index is 1.65. The zero-order valence-corrected chi connectivity index (χ0v) is 30.5. The molecular weight excluding hydrogens is 644 g/mol. The normalized spacial score (nSPS) is 24.5. The van der Waals surface area contributed by atoms with Gasteiger partial charge in [-0.05, 0) is 57.3 Å². The minimum absolute atomic E-state index is 0.131. The smallest absolute Gasteiger partial charge is 0.246 e. The molecule has 1 aliphatic carbocycles. The Labute approximate surface area is 297 Å². The maximum atomic E-state index is 13.9. The fourth-order valence-electron chi connectivity index (χ4n) is 7.36. The maximum absolute atomic E-state index is 13.9. The van der Waals surface area contributed by atoms with E-state index in [0.29, 0.717) is 51.1 Å². The fourth-order valence-corrected chi connectivity index (χ4v) is 7.36. The van der Waals surface area contributed by atoms with Gasteiger partial charge in [-0.15, -0.1) is 0 Å². The lowest BCUT2D eigenvalue weighted by Gasteiger charge is -2.38.